The molecule has 1 N–H and O–H groups in total. The second kappa shape index (κ2) is 4.63. The molecule has 2 rings (SSSR count). The summed E-state index contributed by atoms with van der Waals surface area (Å²) in [6, 6.07) is 0. The number of nitrogens with zero attached hydrogens (tertiary/aromatic N) is 1. The lowest BCUT2D eigenvalue weighted by Crippen LogP contribution is -2.50. The first-order chi connectivity index (χ1) is 6.85. The Kier molecular flexibility index (Phi) is 3.45. The summed E-state index contributed by atoms with van der Waals surface area (Å²) in [7, 11) is 0. The van der Waals surface area contributed by atoms with Crippen LogP contribution in [0.3, 0.4) is 0 Å². The van der Waals surface area contributed by atoms with Gasteiger partial charge >= 0.3 is 0 Å². The van der Waals surface area contributed by atoms with Crippen molar-refractivity contribution in [1.29, 1.82) is 0 Å². The van der Waals surface area contributed by atoms with Crippen LogP contribution in [0.1, 0.15) is 45.4 Å². The van der Waals surface area contributed by atoms with Crippen LogP contribution < -0.4 is 5.32 Å². The van der Waals surface area contributed by atoms with E-state index in [0.29, 0.717) is 5.54 Å². The molecule has 0 aromatic rings. The minimum Gasteiger partial charge on any atom is -0.310 e. The summed E-state index contributed by atoms with van der Waals surface area (Å²) in [4.78, 5) is 2.67. The predicted octanol–water partition coefficient (Wildman–Crippen LogP) is 2.00. The van der Waals surface area contributed by atoms with Gasteiger partial charge in [-0.15, -0.1) is 0 Å². The molecule has 2 fully saturated rings. The summed E-state index contributed by atoms with van der Waals surface area (Å²) in [5.41, 5.74) is 0.470. The van der Waals surface area contributed by atoms with Gasteiger partial charge in [0.25, 0.3) is 0 Å². The van der Waals surface area contributed by atoms with Crippen LogP contribution in [-0.4, -0.2) is 36.6 Å². The van der Waals surface area contributed by atoms with Gasteiger partial charge in [0.05, 0.1) is 0 Å². The SMILES string of the molecule is CCC1(CN2CCCCC2)CCCN1. The monoisotopic (exact) mass is 196 g/mol. The Balaban J connectivity index is 1.86. The molecule has 0 aliphatic carbocycles. The first-order valence-electron chi connectivity index (χ1n) is 6.32. The van der Waals surface area contributed by atoms with Crippen LogP contribution in [0.4, 0.5) is 0 Å². The summed E-state index contributed by atoms with van der Waals surface area (Å²) in [5.74, 6) is 0. The molecule has 2 saturated heterocycles. The highest BCUT2D eigenvalue weighted by atomic mass is 15.2. The molecule has 0 saturated carbocycles. The summed E-state index contributed by atoms with van der Waals surface area (Å²) in [6.07, 6.45) is 8.34. The summed E-state index contributed by atoms with van der Waals surface area (Å²) < 4.78 is 0. The van der Waals surface area contributed by atoms with E-state index in [0.717, 1.165) is 0 Å². The maximum absolute atomic E-state index is 3.73. The molecule has 82 valence electrons. The van der Waals surface area contributed by atoms with E-state index in [1.807, 2.05) is 0 Å². The third-order valence-electron chi connectivity index (χ3n) is 3.98. The van der Waals surface area contributed by atoms with Crippen molar-refractivity contribution in [3.8, 4) is 0 Å². The second-order valence-corrected chi connectivity index (χ2v) is 5.00. The van der Waals surface area contributed by atoms with Crippen molar-refractivity contribution in [2.75, 3.05) is 26.2 Å². The van der Waals surface area contributed by atoms with E-state index >= 15 is 0 Å². The molecule has 1 unspecified atom stereocenters. The average molecular weight is 196 g/mol. The molecule has 0 aromatic carbocycles. The van der Waals surface area contributed by atoms with Crippen LogP contribution in [-0.2, 0) is 0 Å². The fourth-order valence-corrected chi connectivity index (χ4v) is 2.96. The van der Waals surface area contributed by atoms with Gasteiger partial charge in [-0.1, -0.05) is 13.3 Å². The molecule has 0 radical (unpaired) electrons. The van der Waals surface area contributed by atoms with E-state index in [4.69, 9.17) is 0 Å². The van der Waals surface area contributed by atoms with Crippen LogP contribution in [0, 0.1) is 0 Å². The third-order valence-corrected chi connectivity index (χ3v) is 3.98. The summed E-state index contributed by atoms with van der Waals surface area (Å²) >= 11 is 0. The lowest BCUT2D eigenvalue weighted by atomic mass is 9.92. The number of hydrogen-bond donors (Lipinski definition) is 1. The van der Waals surface area contributed by atoms with Crippen molar-refractivity contribution in [3.05, 3.63) is 0 Å². The van der Waals surface area contributed by atoms with Gasteiger partial charge in [-0.25, -0.2) is 0 Å². The molecule has 2 heterocycles. The van der Waals surface area contributed by atoms with E-state index in [-0.39, 0.29) is 0 Å². The molecular weight excluding hydrogens is 172 g/mol. The molecule has 0 amide bonds. The van der Waals surface area contributed by atoms with Crippen molar-refractivity contribution in [1.82, 2.24) is 10.2 Å². The topological polar surface area (TPSA) is 15.3 Å². The van der Waals surface area contributed by atoms with Crippen LogP contribution >= 0.6 is 0 Å². The largest absolute Gasteiger partial charge is 0.310 e. The molecule has 1 atom stereocenters. The van der Waals surface area contributed by atoms with Gasteiger partial charge in [0.2, 0.25) is 0 Å². The second-order valence-electron chi connectivity index (χ2n) is 5.00. The van der Waals surface area contributed by atoms with Crippen molar-refractivity contribution >= 4 is 0 Å². The first kappa shape index (κ1) is 10.4. The fourth-order valence-electron chi connectivity index (χ4n) is 2.96. The smallest absolute Gasteiger partial charge is 0.0306 e. The number of hydrogen-bond acceptors (Lipinski definition) is 2. The molecule has 0 spiro atoms. The van der Waals surface area contributed by atoms with E-state index < -0.39 is 0 Å². The molecule has 0 aromatic heterocycles. The number of rotatable bonds is 3. The number of nitrogens with one attached hydrogen (secondary N) is 1. The van der Waals surface area contributed by atoms with Gasteiger partial charge in [-0.3, -0.25) is 0 Å². The average Bonchev–Trinajstić information content (AvgIpc) is 2.69. The summed E-state index contributed by atoms with van der Waals surface area (Å²) in [6.45, 7) is 7.54. The van der Waals surface area contributed by atoms with Crippen molar-refractivity contribution in [2.24, 2.45) is 0 Å². The molecule has 2 nitrogen and oxygen atoms in total. The van der Waals surface area contributed by atoms with Gasteiger partial charge in [-0.2, -0.15) is 0 Å². The highest BCUT2D eigenvalue weighted by Gasteiger charge is 2.33. The fraction of sp³-hybridized carbons (Fsp3) is 1.00. The predicted molar refractivity (Wildman–Crippen MR) is 60.5 cm³/mol. The summed E-state index contributed by atoms with van der Waals surface area (Å²) in [5, 5.41) is 3.73. The maximum Gasteiger partial charge on any atom is 0.0306 e. The van der Waals surface area contributed by atoms with Gasteiger partial charge in [0, 0.05) is 12.1 Å². The van der Waals surface area contributed by atoms with E-state index in [9.17, 15) is 0 Å². The first-order valence-corrected chi connectivity index (χ1v) is 6.32. The van der Waals surface area contributed by atoms with E-state index in [1.54, 1.807) is 0 Å². The zero-order valence-corrected chi connectivity index (χ0v) is 9.52. The minimum absolute atomic E-state index is 0.470. The quantitative estimate of drug-likeness (QED) is 0.743. The normalized spacial score (nSPS) is 34.9. The van der Waals surface area contributed by atoms with Gasteiger partial charge in [-0.05, 0) is 51.7 Å². The molecule has 0 bridgehead atoms. The van der Waals surface area contributed by atoms with Crippen LogP contribution in [0.5, 0.6) is 0 Å². The highest BCUT2D eigenvalue weighted by molar-refractivity contribution is 4.94. The Morgan fingerprint density at radius 2 is 1.93 bits per heavy atom. The minimum atomic E-state index is 0.470. The Hall–Kier alpha value is -0.0800. The van der Waals surface area contributed by atoms with Crippen LogP contribution in [0.15, 0.2) is 0 Å². The van der Waals surface area contributed by atoms with E-state index in [2.05, 4.69) is 17.1 Å². The van der Waals surface area contributed by atoms with Gasteiger partial charge < -0.3 is 10.2 Å². The van der Waals surface area contributed by atoms with Crippen LogP contribution in [0.25, 0.3) is 0 Å². The van der Waals surface area contributed by atoms with Crippen molar-refractivity contribution < 1.29 is 0 Å². The molecule has 2 heteroatoms. The maximum atomic E-state index is 3.73. The molecule has 2 aliphatic heterocycles. The third kappa shape index (κ3) is 2.29. The molecule has 14 heavy (non-hydrogen) atoms. The Morgan fingerprint density at radius 1 is 1.14 bits per heavy atom. The molecule has 2 aliphatic rings. The van der Waals surface area contributed by atoms with E-state index in [1.165, 1.54) is 64.7 Å². The Bertz CT molecular complexity index is 167. The Morgan fingerprint density at radius 3 is 2.50 bits per heavy atom. The lowest BCUT2D eigenvalue weighted by molar-refractivity contribution is 0.162. The Labute approximate surface area is 88.1 Å². The van der Waals surface area contributed by atoms with Crippen molar-refractivity contribution in [2.45, 2.75) is 51.0 Å². The number of piperidine rings is 1. The van der Waals surface area contributed by atoms with Gasteiger partial charge in [0.15, 0.2) is 0 Å². The highest BCUT2D eigenvalue weighted by Crippen LogP contribution is 2.25. The van der Waals surface area contributed by atoms with Crippen molar-refractivity contribution in [3.63, 3.8) is 0 Å². The lowest BCUT2D eigenvalue weighted by Gasteiger charge is -2.36. The molecular formula is C12H24N2. The zero-order chi connectivity index (χ0) is 9.86. The van der Waals surface area contributed by atoms with Gasteiger partial charge in [0.1, 0.15) is 0 Å². The van der Waals surface area contributed by atoms with Crippen LogP contribution in [0.2, 0.25) is 0 Å². The standard InChI is InChI=1S/C12H24N2/c1-2-12(7-6-8-13-12)11-14-9-4-3-5-10-14/h13H,2-11H2,1H3. The zero-order valence-electron chi connectivity index (χ0n) is 9.52. The number of likely N-dealkylation sites (tertiary alicyclic amines) is 1.